The molecule has 0 aliphatic rings. The van der Waals surface area contributed by atoms with E-state index in [1.807, 2.05) is 12.1 Å². The molecule has 0 heterocycles. The second kappa shape index (κ2) is 6.21. The number of hydrogen-bond acceptors (Lipinski definition) is 2. The van der Waals surface area contributed by atoms with Crippen LogP contribution in [0.15, 0.2) is 24.3 Å². The molecule has 0 saturated carbocycles. The van der Waals surface area contributed by atoms with E-state index in [4.69, 9.17) is 9.47 Å². The molecule has 0 aliphatic heterocycles. The van der Waals surface area contributed by atoms with Crippen LogP contribution in [-0.4, -0.2) is 19.6 Å². The van der Waals surface area contributed by atoms with E-state index in [1.165, 1.54) is 5.92 Å². The van der Waals surface area contributed by atoms with Crippen LogP contribution >= 0.6 is 0 Å². The lowest BCUT2D eigenvalue weighted by Crippen LogP contribution is -2.15. The molecular weight excluding hydrogens is 226 g/mol. The summed E-state index contributed by atoms with van der Waals surface area (Å²) in [6.07, 6.45) is 4.20. The molecule has 0 N–H and O–H groups in total. The zero-order chi connectivity index (χ0) is 12.7. The van der Waals surface area contributed by atoms with E-state index in [1.54, 1.807) is 19.2 Å². The van der Waals surface area contributed by atoms with Crippen LogP contribution in [0.3, 0.4) is 0 Å². The Kier molecular flexibility index (Phi) is 4.92. The van der Waals surface area contributed by atoms with Crippen molar-refractivity contribution in [2.75, 3.05) is 13.7 Å². The highest BCUT2D eigenvalue weighted by atomic mass is 19.3. The Labute approximate surface area is 99.5 Å². The Morgan fingerprint density at radius 1 is 1.29 bits per heavy atom. The number of terminal acetylenes is 1. The molecule has 17 heavy (non-hydrogen) atoms. The third kappa shape index (κ3) is 4.83. The van der Waals surface area contributed by atoms with Crippen molar-refractivity contribution in [2.24, 2.45) is 0 Å². The van der Waals surface area contributed by atoms with E-state index >= 15 is 0 Å². The summed E-state index contributed by atoms with van der Waals surface area (Å²) in [6, 6.07) is 7.21. The van der Waals surface area contributed by atoms with E-state index in [9.17, 15) is 8.78 Å². The average molecular weight is 240 g/mol. The minimum atomic E-state index is -3.08. The molecule has 1 aromatic carbocycles. The SMILES string of the molecule is C#CC(F)(F)CCOCc1ccc(OC)cc1. The van der Waals surface area contributed by atoms with Gasteiger partial charge >= 0.3 is 5.92 Å². The minimum Gasteiger partial charge on any atom is -0.497 e. The first-order chi connectivity index (χ1) is 8.07. The predicted octanol–water partition coefficient (Wildman–Crippen LogP) is 2.87. The van der Waals surface area contributed by atoms with E-state index in [2.05, 4.69) is 6.42 Å². The standard InChI is InChI=1S/C13H14F2O2/c1-3-13(14,15)8-9-17-10-11-4-6-12(16-2)7-5-11/h1,4-7H,8-10H2,2H3. The number of ether oxygens (including phenoxy) is 2. The fourth-order valence-corrected chi connectivity index (χ4v) is 1.18. The van der Waals surface area contributed by atoms with Crippen LogP contribution in [0.2, 0.25) is 0 Å². The highest BCUT2D eigenvalue weighted by molar-refractivity contribution is 5.26. The van der Waals surface area contributed by atoms with Crippen LogP contribution in [0.5, 0.6) is 5.75 Å². The van der Waals surface area contributed by atoms with Crippen LogP contribution < -0.4 is 4.74 Å². The van der Waals surface area contributed by atoms with Gasteiger partial charge in [-0.3, -0.25) is 0 Å². The van der Waals surface area contributed by atoms with Gasteiger partial charge in [-0.2, -0.15) is 8.78 Å². The maximum Gasteiger partial charge on any atom is 0.310 e. The lowest BCUT2D eigenvalue weighted by atomic mass is 10.2. The van der Waals surface area contributed by atoms with Crippen molar-refractivity contribution in [1.29, 1.82) is 0 Å². The molecule has 0 bridgehead atoms. The molecule has 0 fully saturated rings. The van der Waals surface area contributed by atoms with E-state index in [0.717, 1.165) is 11.3 Å². The zero-order valence-electron chi connectivity index (χ0n) is 9.58. The first-order valence-electron chi connectivity index (χ1n) is 5.13. The highest BCUT2D eigenvalue weighted by Gasteiger charge is 2.24. The minimum absolute atomic E-state index is 0.0662. The van der Waals surface area contributed by atoms with Crippen LogP contribution in [0, 0.1) is 12.3 Å². The lowest BCUT2D eigenvalue weighted by molar-refractivity contribution is 0.0127. The lowest BCUT2D eigenvalue weighted by Gasteiger charge is -2.09. The summed E-state index contributed by atoms with van der Waals surface area (Å²) in [7, 11) is 1.58. The van der Waals surface area contributed by atoms with Gasteiger partial charge in [0, 0.05) is 6.42 Å². The summed E-state index contributed by atoms with van der Waals surface area (Å²) in [6.45, 7) is 0.216. The Morgan fingerprint density at radius 3 is 2.47 bits per heavy atom. The molecular formula is C13H14F2O2. The first-order valence-corrected chi connectivity index (χ1v) is 5.13. The Balaban J connectivity index is 2.29. The van der Waals surface area contributed by atoms with Gasteiger partial charge < -0.3 is 9.47 Å². The van der Waals surface area contributed by atoms with Gasteiger partial charge in [-0.1, -0.05) is 12.1 Å². The molecule has 92 valence electrons. The number of benzene rings is 1. The van der Waals surface area contributed by atoms with Gasteiger partial charge in [-0.25, -0.2) is 0 Å². The largest absolute Gasteiger partial charge is 0.497 e. The molecule has 0 aliphatic carbocycles. The van der Waals surface area contributed by atoms with Crippen molar-refractivity contribution in [1.82, 2.24) is 0 Å². The molecule has 0 spiro atoms. The Morgan fingerprint density at radius 2 is 1.94 bits per heavy atom. The quantitative estimate of drug-likeness (QED) is 0.562. The Bertz CT molecular complexity index is 379. The van der Waals surface area contributed by atoms with E-state index < -0.39 is 12.3 Å². The summed E-state index contributed by atoms with van der Waals surface area (Å²) < 4.78 is 35.4. The molecule has 0 amide bonds. The third-order valence-corrected chi connectivity index (χ3v) is 2.20. The third-order valence-electron chi connectivity index (χ3n) is 2.20. The second-order valence-electron chi connectivity index (χ2n) is 3.50. The summed E-state index contributed by atoms with van der Waals surface area (Å²) in [5.41, 5.74) is 0.898. The van der Waals surface area contributed by atoms with Crippen LogP contribution in [0.25, 0.3) is 0 Å². The van der Waals surface area contributed by atoms with Gasteiger partial charge in [0.1, 0.15) is 5.75 Å². The summed E-state index contributed by atoms with van der Waals surface area (Å²) in [5.74, 6) is -0.915. The molecule has 2 nitrogen and oxygen atoms in total. The monoisotopic (exact) mass is 240 g/mol. The molecule has 0 aromatic heterocycles. The fraction of sp³-hybridized carbons (Fsp3) is 0.385. The zero-order valence-corrected chi connectivity index (χ0v) is 9.58. The second-order valence-corrected chi connectivity index (χ2v) is 3.50. The van der Waals surface area contributed by atoms with Crippen molar-refractivity contribution >= 4 is 0 Å². The first kappa shape index (κ1) is 13.5. The fourth-order valence-electron chi connectivity index (χ4n) is 1.18. The van der Waals surface area contributed by atoms with Crippen molar-refractivity contribution < 1.29 is 18.3 Å². The molecule has 0 saturated heterocycles. The van der Waals surface area contributed by atoms with Gasteiger partial charge in [0.2, 0.25) is 0 Å². The molecule has 1 rings (SSSR count). The Hall–Kier alpha value is -1.60. The molecule has 4 heteroatoms. The number of halogens is 2. The summed E-state index contributed by atoms with van der Waals surface area (Å²) in [4.78, 5) is 0. The topological polar surface area (TPSA) is 18.5 Å². The smallest absolute Gasteiger partial charge is 0.310 e. The van der Waals surface area contributed by atoms with E-state index in [0.29, 0.717) is 0 Å². The van der Waals surface area contributed by atoms with Crippen LogP contribution in [0.4, 0.5) is 8.78 Å². The average Bonchev–Trinajstić information content (AvgIpc) is 2.35. The van der Waals surface area contributed by atoms with Crippen molar-refractivity contribution in [3.63, 3.8) is 0 Å². The number of hydrogen-bond donors (Lipinski definition) is 0. The van der Waals surface area contributed by atoms with Gasteiger partial charge in [0.25, 0.3) is 0 Å². The number of alkyl halides is 2. The molecule has 0 radical (unpaired) electrons. The van der Waals surface area contributed by atoms with Gasteiger partial charge in [-0.15, -0.1) is 6.42 Å². The summed E-state index contributed by atoms with van der Waals surface area (Å²) >= 11 is 0. The van der Waals surface area contributed by atoms with E-state index in [-0.39, 0.29) is 13.2 Å². The van der Waals surface area contributed by atoms with Gasteiger partial charge in [0.15, 0.2) is 0 Å². The summed E-state index contributed by atoms with van der Waals surface area (Å²) in [5, 5.41) is 0. The maximum atomic E-state index is 12.6. The predicted molar refractivity (Wildman–Crippen MR) is 61.0 cm³/mol. The van der Waals surface area contributed by atoms with Gasteiger partial charge in [0.05, 0.1) is 20.3 Å². The number of rotatable bonds is 6. The normalized spacial score (nSPS) is 10.9. The van der Waals surface area contributed by atoms with Gasteiger partial charge in [-0.05, 0) is 23.6 Å². The van der Waals surface area contributed by atoms with Crippen LogP contribution in [-0.2, 0) is 11.3 Å². The maximum absolute atomic E-state index is 12.6. The van der Waals surface area contributed by atoms with Crippen LogP contribution in [0.1, 0.15) is 12.0 Å². The molecule has 1 aromatic rings. The highest BCUT2D eigenvalue weighted by Crippen LogP contribution is 2.17. The number of methoxy groups -OCH3 is 1. The molecule has 0 unspecified atom stereocenters. The van der Waals surface area contributed by atoms with Crippen molar-refractivity contribution in [3.05, 3.63) is 29.8 Å². The van der Waals surface area contributed by atoms with Crippen molar-refractivity contribution in [2.45, 2.75) is 19.0 Å². The molecule has 0 atom stereocenters. The van der Waals surface area contributed by atoms with Crippen molar-refractivity contribution in [3.8, 4) is 18.1 Å².